The Morgan fingerprint density at radius 1 is 1.24 bits per heavy atom. The maximum absolute atomic E-state index is 11.0. The maximum Gasteiger partial charge on any atom is 0.405 e. The summed E-state index contributed by atoms with van der Waals surface area (Å²) in [7, 11) is 0. The van der Waals surface area contributed by atoms with E-state index in [1.54, 1.807) is 0 Å². The Labute approximate surface area is 125 Å². The minimum Gasteiger partial charge on any atom is -0.450 e. The minimum absolute atomic E-state index is 0.238. The highest BCUT2D eigenvalue weighted by molar-refractivity contribution is 7.11. The SMILES string of the molecule is NC(=O)OCCCCC(OC(N)=O)c1nnc(C2CC2)s1. The van der Waals surface area contributed by atoms with Crippen LogP contribution in [0.5, 0.6) is 0 Å². The second kappa shape index (κ2) is 7.21. The third kappa shape index (κ3) is 5.18. The van der Waals surface area contributed by atoms with Crippen molar-refractivity contribution in [1.82, 2.24) is 10.2 Å². The van der Waals surface area contributed by atoms with Crippen LogP contribution < -0.4 is 11.5 Å². The third-order valence-electron chi connectivity index (χ3n) is 3.02. The fourth-order valence-corrected chi connectivity index (χ4v) is 2.93. The summed E-state index contributed by atoms with van der Waals surface area (Å²) >= 11 is 1.46. The lowest BCUT2D eigenvalue weighted by Crippen LogP contribution is -2.18. The molecule has 4 N–H and O–H groups in total. The number of carbonyl (C=O) groups is 2. The molecule has 1 aliphatic carbocycles. The third-order valence-corrected chi connectivity index (χ3v) is 4.20. The Morgan fingerprint density at radius 3 is 2.62 bits per heavy atom. The first-order valence-corrected chi connectivity index (χ1v) is 7.59. The smallest absolute Gasteiger partial charge is 0.405 e. The highest BCUT2D eigenvalue weighted by Crippen LogP contribution is 2.42. The van der Waals surface area contributed by atoms with Gasteiger partial charge < -0.3 is 20.9 Å². The molecule has 0 saturated heterocycles. The van der Waals surface area contributed by atoms with Gasteiger partial charge in [-0.05, 0) is 32.1 Å². The number of unbranched alkanes of at least 4 members (excludes halogenated alkanes) is 1. The van der Waals surface area contributed by atoms with Crippen LogP contribution in [0.25, 0.3) is 0 Å². The quantitative estimate of drug-likeness (QED) is 0.704. The molecule has 116 valence electrons. The van der Waals surface area contributed by atoms with Gasteiger partial charge in [-0.3, -0.25) is 0 Å². The van der Waals surface area contributed by atoms with Crippen molar-refractivity contribution >= 4 is 23.5 Å². The van der Waals surface area contributed by atoms with Crippen molar-refractivity contribution in [3.63, 3.8) is 0 Å². The van der Waals surface area contributed by atoms with E-state index in [0.717, 1.165) is 17.8 Å². The van der Waals surface area contributed by atoms with Gasteiger partial charge in [0, 0.05) is 5.92 Å². The molecular weight excluding hydrogens is 296 g/mol. The molecule has 21 heavy (non-hydrogen) atoms. The number of amides is 2. The molecule has 2 amide bonds. The van der Waals surface area contributed by atoms with Gasteiger partial charge in [0.1, 0.15) is 5.01 Å². The van der Waals surface area contributed by atoms with Gasteiger partial charge in [0.25, 0.3) is 0 Å². The topological polar surface area (TPSA) is 130 Å². The number of primary amides is 2. The van der Waals surface area contributed by atoms with Gasteiger partial charge in [-0.1, -0.05) is 11.3 Å². The Balaban J connectivity index is 1.84. The van der Waals surface area contributed by atoms with Crippen LogP contribution in [-0.4, -0.2) is 29.0 Å². The fourth-order valence-electron chi connectivity index (χ4n) is 1.85. The predicted molar refractivity (Wildman–Crippen MR) is 74.7 cm³/mol. The Hall–Kier alpha value is -1.90. The van der Waals surface area contributed by atoms with Crippen LogP contribution in [0.15, 0.2) is 0 Å². The summed E-state index contributed by atoms with van der Waals surface area (Å²) in [5.41, 5.74) is 9.95. The van der Waals surface area contributed by atoms with Crippen molar-refractivity contribution in [1.29, 1.82) is 0 Å². The zero-order valence-corrected chi connectivity index (χ0v) is 12.3. The van der Waals surface area contributed by atoms with E-state index in [4.69, 9.17) is 16.2 Å². The molecule has 1 aromatic rings. The van der Waals surface area contributed by atoms with Gasteiger partial charge in [-0.2, -0.15) is 0 Å². The summed E-state index contributed by atoms with van der Waals surface area (Å²) in [6.07, 6.45) is 2.00. The Kier molecular flexibility index (Phi) is 5.32. The summed E-state index contributed by atoms with van der Waals surface area (Å²) in [4.78, 5) is 21.4. The van der Waals surface area contributed by atoms with Crippen LogP contribution in [0.3, 0.4) is 0 Å². The van der Waals surface area contributed by atoms with E-state index < -0.39 is 18.3 Å². The summed E-state index contributed by atoms with van der Waals surface area (Å²) in [6, 6.07) is 0. The molecule has 1 atom stereocenters. The number of nitrogens with zero attached hydrogens (tertiary/aromatic N) is 2. The molecule has 0 aromatic carbocycles. The number of aromatic nitrogens is 2. The summed E-state index contributed by atoms with van der Waals surface area (Å²) in [6.45, 7) is 0.238. The minimum atomic E-state index is -0.837. The van der Waals surface area contributed by atoms with E-state index in [2.05, 4.69) is 14.9 Å². The van der Waals surface area contributed by atoms with Crippen LogP contribution in [0.4, 0.5) is 9.59 Å². The lowest BCUT2D eigenvalue weighted by molar-refractivity contribution is 0.0970. The Bertz CT molecular complexity index is 503. The Morgan fingerprint density at radius 2 is 2.00 bits per heavy atom. The average molecular weight is 314 g/mol. The maximum atomic E-state index is 11.0. The molecule has 0 bridgehead atoms. The van der Waals surface area contributed by atoms with Gasteiger partial charge in [-0.15, -0.1) is 10.2 Å². The van der Waals surface area contributed by atoms with Crippen LogP contribution in [-0.2, 0) is 9.47 Å². The van der Waals surface area contributed by atoms with E-state index in [0.29, 0.717) is 30.2 Å². The molecule has 1 heterocycles. The molecule has 1 fully saturated rings. The van der Waals surface area contributed by atoms with Gasteiger partial charge in [0.15, 0.2) is 11.1 Å². The summed E-state index contributed by atoms with van der Waals surface area (Å²) in [5, 5.41) is 9.86. The molecule has 1 saturated carbocycles. The number of ether oxygens (including phenoxy) is 2. The van der Waals surface area contributed by atoms with E-state index in [9.17, 15) is 9.59 Å². The van der Waals surface area contributed by atoms with Crippen LogP contribution in [0.1, 0.15) is 54.1 Å². The first-order chi connectivity index (χ1) is 10.1. The normalized spacial score (nSPS) is 15.4. The monoisotopic (exact) mass is 314 g/mol. The molecule has 0 aliphatic heterocycles. The molecule has 0 radical (unpaired) electrons. The summed E-state index contributed by atoms with van der Waals surface area (Å²) < 4.78 is 9.73. The highest BCUT2D eigenvalue weighted by Gasteiger charge is 2.29. The fraction of sp³-hybridized carbons (Fsp3) is 0.667. The van der Waals surface area contributed by atoms with Crippen molar-refractivity contribution in [3.8, 4) is 0 Å². The van der Waals surface area contributed by atoms with Gasteiger partial charge >= 0.3 is 12.2 Å². The van der Waals surface area contributed by atoms with Gasteiger partial charge in [-0.25, -0.2) is 9.59 Å². The lowest BCUT2D eigenvalue weighted by atomic mass is 10.1. The van der Waals surface area contributed by atoms with E-state index >= 15 is 0 Å². The molecule has 9 heteroatoms. The van der Waals surface area contributed by atoms with Gasteiger partial charge in [0.05, 0.1) is 6.61 Å². The molecule has 2 rings (SSSR count). The van der Waals surface area contributed by atoms with Crippen molar-refractivity contribution in [2.24, 2.45) is 11.5 Å². The van der Waals surface area contributed by atoms with Crippen molar-refractivity contribution < 1.29 is 19.1 Å². The average Bonchev–Trinajstić information content (AvgIpc) is 3.14. The van der Waals surface area contributed by atoms with E-state index in [-0.39, 0.29) is 6.61 Å². The number of nitrogens with two attached hydrogens (primary N) is 2. The second-order valence-electron chi connectivity index (χ2n) is 4.84. The number of hydrogen-bond acceptors (Lipinski definition) is 7. The first-order valence-electron chi connectivity index (χ1n) is 6.78. The lowest BCUT2D eigenvalue weighted by Gasteiger charge is -2.13. The van der Waals surface area contributed by atoms with Gasteiger partial charge in [0.2, 0.25) is 0 Å². The van der Waals surface area contributed by atoms with E-state index in [1.807, 2.05) is 0 Å². The molecule has 8 nitrogen and oxygen atoms in total. The second-order valence-corrected chi connectivity index (χ2v) is 5.88. The van der Waals surface area contributed by atoms with Crippen LogP contribution in [0, 0.1) is 0 Å². The zero-order valence-electron chi connectivity index (χ0n) is 11.5. The summed E-state index contributed by atoms with van der Waals surface area (Å²) in [5.74, 6) is 0.509. The molecule has 1 unspecified atom stereocenters. The number of rotatable bonds is 8. The van der Waals surface area contributed by atoms with E-state index in [1.165, 1.54) is 11.3 Å². The largest absolute Gasteiger partial charge is 0.450 e. The first kappa shape index (κ1) is 15.5. The standard InChI is InChI=1S/C12H18N4O4S/c13-11(17)19-6-2-1-3-8(20-12(14)18)10-16-15-9(21-10)7-4-5-7/h7-8H,1-6H2,(H2,13,17)(H2,14,18). The predicted octanol–water partition coefficient (Wildman–Crippen LogP) is 1.82. The van der Waals surface area contributed by atoms with Crippen molar-refractivity contribution in [3.05, 3.63) is 10.0 Å². The van der Waals surface area contributed by atoms with Crippen molar-refractivity contribution in [2.75, 3.05) is 6.61 Å². The van der Waals surface area contributed by atoms with Crippen molar-refractivity contribution in [2.45, 2.75) is 44.1 Å². The molecular formula is C12H18N4O4S. The molecule has 0 spiro atoms. The zero-order chi connectivity index (χ0) is 15.2. The van der Waals surface area contributed by atoms with Crippen LogP contribution >= 0.6 is 11.3 Å². The van der Waals surface area contributed by atoms with Crippen LogP contribution in [0.2, 0.25) is 0 Å². The number of carbonyl (C=O) groups excluding carboxylic acids is 2. The molecule has 1 aromatic heterocycles. The molecule has 1 aliphatic rings. The highest BCUT2D eigenvalue weighted by atomic mass is 32.1. The number of hydrogen-bond donors (Lipinski definition) is 2.